The summed E-state index contributed by atoms with van der Waals surface area (Å²) in [6.45, 7) is 3.80. The van der Waals surface area contributed by atoms with Crippen LogP contribution in [0.2, 0.25) is 0 Å². The van der Waals surface area contributed by atoms with Crippen molar-refractivity contribution < 1.29 is 9.21 Å². The molecule has 8 nitrogen and oxygen atoms in total. The first-order valence-corrected chi connectivity index (χ1v) is 9.51. The lowest BCUT2D eigenvalue weighted by molar-refractivity contribution is -0.122. The molecule has 0 atom stereocenters. The van der Waals surface area contributed by atoms with Crippen molar-refractivity contribution in [3.63, 3.8) is 0 Å². The normalized spacial score (nSPS) is 10.9. The second kappa shape index (κ2) is 8.20. The molecule has 1 aromatic carbocycles. The maximum absolute atomic E-state index is 13.0. The fourth-order valence-corrected chi connectivity index (χ4v) is 3.19. The van der Waals surface area contributed by atoms with E-state index in [4.69, 9.17) is 4.42 Å². The van der Waals surface area contributed by atoms with E-state index in [1.165, 1.54) is 10.6 Å². The van der Waals surface area contributed by atoms with E-state index in [1.54, 1.807) is 23.1 Å². The van der Waals surface area contributed by atoms with Gasteiger partial charge in [-0.15, -0.1) is 0 Å². The molecular formula is C22H21N5O3. The molecule has 0 fully saturated rings. The molecule has 3 heterocycles. The van der Waals surface area contributed by atoms with Crippen molar-refractivity contribution in [2.45, 2.75) is 26.9 Å². The first kappa shape index (κ1) is 19.4. The minimum absolute atomic E-state index is 0.185. The molecule has 0 spiro atoms. The van der Waals surface area contributed by atoms with Crippen LogP contribution in [0.5, 0.6) is 0 Å². The Morgan fingerprint density at radius 1 is 1.10 bits per heavy atom. The number of aryl methyl sites for hydroxylation is 2. The Balaban J connectivity index is 1.72. The smallest absolute Gasteiger partial charge is 0.256 e. The lowest BCUT2D eigenvalue weighted by atomic mass is 10.1. The van der Waals surface area contributed by atoms with E-state index < -0.39 is 0 Å². The molecule has 1 N–H and O–H groups in total. The molecule has 8 heteroatoms. The van der Waals surface area contributed by atoms with Crippen molar-refractivity contribution in [3.05, 3.63) is 88.4 Å². The van der Waals surface area contributed by atoms with Crippen LogP contribution in [0.1, 0.15) is 17.1 Å². The highest BCUT2D eigenvalue weighted by molar-refractivity contribution is 5.76. The number of benzene rings is 1. The molecule has 4 rings (SSSR count). The zero-order valence-corrected chi connectivity index (χ0v) is 16.7. The largest absolute Gasteiger partial charge is 0.467 e. The van der Waals surface area contributed by atoms with Crippen LogP contribution >= 0.6 is 0 Å². The van der Waals surface area contributed by atoms with Gasteiger partial charge in [0.05, 0.1) is 24.2 Å². The number of hydrogen-bond acceptors (Lipinski definition) is 5. The second-order valence-electron chi connectivity index (χ2n) is 6.93. The van der Waals surface area contributed by atoms with E-state index in [0.29, 0.717) is 17.4 Å². The molecule has 0 bridgehead atoms. The van der Waals surface area contributed by atoms with Crippen molar-refractivity contribution in [2.75, 3.05) is 0 Å². The predicted octanol–water partition coefficient (Wildman–Crippen LogP) is 2.62. The molecule has 0 saturated carbocycles. The summed E-state index contributed by atoms with van der Waals surface area (Å²) in [5, 5.41) is 7.21. The van der Waals surface area contributed by atoms with E-state index in [-0.39, 0.29) is 24.6 Å². The van der Waals surface area contributed by atoms with Gasteiger partial charge in [-0.3, -0.25) is 14.2 Å². The van der Waals surface area contributed by atoms with Gasteiger partial charge in [-0.05, 0) is 32.0 Å². The maximum Gasteiger partial charge on any atom is 0.256 e. The number of nitrogens with one attached hydrogen (secondary N) is 1. The van der Waals surface area contributed by atoms with Gasteiger partial charge in [0.25, 0.3) is 5.56 Å². The SMILES string of the molecule is Cc1cc(C)n(-c2nc(-c3ccccc3)cc(=O)n2CC(=O)NCc2ccco2)n1. The topological polar surface area (TPSA) is 95.0 Å². The van der Waals surface area contributed by atoms with Crippen LogP contribution in [0.25, 0.3) is 17.2 Å². The van der Waals surface area contributed by atoms with Gasteiger partial charge >= 0.3 is 0 Å². The molecule has 30 heavy (non-hydrogen) atoms. The van der Waals surface area contributed by atoms with E-state index >= 15 is 0 Å². The van der Waals surface area contributed by atoms with E-state index in [2.05, 4.69) is 15.4 Å². The fourth-order valence-electron chi connectivity index (χ4n) is 3.19. The average Bonchev–Trinajstić information content (AvgIpc) is 3.37. The minimum atomic E-state index is -0.334. The van der Waals surface area contributed by atoms with Crippen LogP contribution in [-0.2, 0) is 17.9 Å². The van der Waals surface area contributed by atoms with Gasteiger partial charge in [-0.1, -0.05) is 30.3 Å². The second-order valence-corrected chi connectivity index (χ2v) is 6.93. The number of nitrogens with zero attached hydrogens (tertiary/aromatic N) is 4. The van der Waals surface area contributed by atoms with Crippen LogP contribution in [0.15, 0.2) is 70.1 Å². The summed E-state index contributed by atoms with van der Waals surface area (Å²) in [6, 6.07) is 16.3. The number of carbonyl (C=O) groups is 1. The summed E-state index contributed by atoms with van der Waals surface area (Å²) < 4.78 is 8.13. The number of aromatic nitrogens is 4. The Morgan fingerprint density at radius 3 is 2.57 bits per heavy atom. The third-order valence-corrected chi connectivity index (χ3v) is 4.60. The third-order valence-electron chi connectivity index (χ3n) is 4.60. The number of carbonyl (C=O) groups excluding carboxylic acids is 1. The Kier molecular flexibility index (Phi) is 5.30. The summed E-state index contributed by atoms with van der Waals surface area (Å²) in [5.41, 5.74) is 2.61. The molecule has 0 saturated heterocycles. The highest BCUT2D eigenvalue weighted by Gasteiger charge is 2.17. The summed E-state index contributed by atoms with van der Waals surface area (Å²) in [4.78, 5) is 30.2. The quantitative estimate of drug-likeness (QED) is 0.534. The van der Waals surface area contributed by atoms with Crippen molar-refractivity contribution in [1.29, 1.82) is 0 Å². The molecule has 3 aromatic heterocycles. The van der Waals surface area contributed by atoms with E-state index in [0.717, 1.165) is 17.0 Å². The van der Waals surface area contributed by atoms with E-state index in [9.17, 15) is 9.59 Å². The zero-order valence-electron chi connectivity index (χ0n) is 16.7. The van der Waals surface area contributed by atoms with Crippen LogP contribution in [-0.4, -0.2) is 25.2 Å². The lowest BCUT2D eigenvalue weighted by Crippen LogP contribution is -2.34. The van der Waals surface area contributed by atoms with Gasteiger partial charge in [-0.2, -0.15) is 5.10 Å². The Labute approximate surface area is 172 Å². The monoisotopic (exact) mass is 403 g/mol. The van der Waals surface area contributed by atoms with Gasteiger partial charge in [0.15, 0.2) is 0 Å². The van der Waals surface area contributed by atoms with Gasteiger partial charge in [0.1, 0.15) is 12.3 Å². The number of rotatable bonds is 6. The Bertz CT molecular complexity index is 1220. The summed E-state index contributed by atoms with van der Waals surface area (Å²) in [7, 11) is 0. The van der Waals surface area contributed by atoms with Crippen LogP contribution in [0.3, 0.4) is 0 Å². The van der Waals surface area contributed by atoms with Gasteiger partial charge in [-0.25, -0.2) is 9.67 Å². The summed E-state index contributed by atoms with van der Waals surface area (Å²) in [5.74, 6) is 0.595. The molecule has 4 aromatic rings. The Morgan fingerprint density at radius 2 is 1.90 bits per heavy atom. The lowest BCUT2D eigenvalue weighted by Gasteiger charge is -2.14. The summed E-state index contributed by atoms with van der Waals surface area (Å²) in [6.07, 6.45) is 1.54. The summed E-state index contributed by atoms with van der Waals surface area (Å²) >= 11 is 0. The fraction of sp³-hybridized carbons (Fsp3) is 0.182. The maximum atomic E-state index is 13.0. The highest BCUT2D eigenvalue weighted by atomic mass is 16.3. The number of furan rings is 1. The minimum Gasteiger partial charge on any atom is -0.467 e. The molecule has 152 valence electrons. The van der Waals surface area contributed by atoms with Gasteiger partial charge in [0, 0.05) is 17.3 Å². The molecule has 0 aliphatic heterocycles. The molecule has 0 radical (unpaired) electrons. The molecule has 0 unspecified atom stereocenters. The zero-order chi connectivity index (χ0) is 21.1. The predicted molar refractivity (Wildman–Crippen MR) is 111 cm³/mol. The van der Waals surface area contributed by atoms with Crippen molar-refractivity contribution in [3.8, 4) is 17.2 Å². The molecular weight excluding hydrogens is 382 g/mol. The Hall–Kier alpha value is -3.94. The van der Waals surface area contributed by atoms with E-state index in [1.807, 2.05) is 50.2 Å². The van der Waals surface area contributed by atoms with Crippen LogP contribution < -0.4 is 10.9 Å². The van der Waals surface area contributed by atoms with Crippen LogP contribution in [0, 0.1) is 13.8 Å². The van der Waals surface area contributed by atoms with Crippen LogP contribution in [0.4, 0.5) is 0 Å². The van der Waals surface area contributed by atoms with Crippen molar-refractivity contribution in [2.24, 2.45) is 0 Å². The van der Waals surface area contributed by atoms with Crippen molar-refractivity contribution >= 4 is 5.91 Å². The van der Waals surface area contributed by atoms with Gasteiger partial charge in [0.2, 0.25) is 11.9 Å². The van der Waals surface area contributed by atoms with Gasteiger partial charge < -0.3 is 9.73 Å². The number of hydrogen-bond donors (Lipinski definition) is 1. The first-order valence-electron chi connectivity index (χ1n) is 9.51. The number of amides is 1. The van der Waals surface area contributed by atoms with Crippen molar-refractivity contribution in [1.82, 2.24) is 24.6 Å². The highest BCUT2D eigenvalue weighted by Crippen LogP contribution is 2.17. The molecule has 1 amide bonds. The molecule has 0 aliphatic carbocycles. The average molecular weight is 403 g/mol. The molecule has 0 aliphatic rings. The third kappa shape index (κ3) is 4.07. The standard InChI is InChI=1S/C22H21N5O3/c1-15-11-16(2)27(25-15)22-24-19(17-7-4-3-5-8-17)12-21(29)26(22)14-20(28)23-13-18-9-6-10-30-18/h3-12H,13-14H2,1-2H3,(H,23,28). The first-order chi connectivity index (χ1) is 14.5.